The maximum absolute atomic E-state index is 12.7. The first-order valence-corrected chi connectivity index (χ1v) is 11.4. The number of hydrogen-bond acceptors (Lipinski definition) is 9. The van der Waals surface area contributed by atoms with Gasteiger partial charge < -0.3 is 29.4 Å². The highest BCUT2D eigenvalue weighted by atomic mass is 32.2. The normalized spacial score (nSPS) is 41.1. The van der Waals surface area contributed by atoms with Crippen molar-refractivity contribution in [1.82, 2.24) is 4.31 Å². The van der Waals surface area contributed by atoms with Crippen LogP contribution in [0.2, 0.25) is 0 Å². The molecule has 0 saturated carbocycles. The first-order chi connectivity index (χ1) is 13.3. The third-order valence-corrected chi connectivity index (χ3v) is 7.24. The molecule has 29 heavy (non-hydrogen) atoms. The number of rotatable bonds is 4. The average molecular weight is 437 g/mol. The number of hydrogen-bond donors (Lipinski definition) is 1. The summed E-state index contributed by atoms with van der Waals surface area (Å²) in [6.45, 7) is 9.57. The lowest BCUT2D eigenvalue weighted by molar-refractivity contribution is -0.238. The lowest BCUT2D eigenvalue weighted by Crippen LogP contribution is -2.56. The van der Waals surface area contributed by atoms with E-state index >= 15 is 0 Å². The summed E-state index contributed by atoms with van der Waals surface area (Å²) in [5.74, 6) is -1.68. The predicted molar refractivity (Wildman–Crippen MR) is 101 cm³/mol. The minimum Gasteiger partial charge on any atom is -0.342 e. The molecule has 0 aromatic carbocycles. The van der Waals surface area contributed by atoms with Crippen LogP contribution in [0.5, 0.6) is 0 Å². The summed E-state index contributed by atoms with van der Waals surface area (Å²) in [7, 11) is -3.91. The van der Waals surface area contributed by atoms with Gasteiger partial charge in [0.15, 0.2) is 17.9 Å². The smallest absolute Gasteiger partial charge is 0.338 e. The van der Waals surface area contributed by atoms with Crippen LogP contribution in [0, 0.1) is 0 Å². The van der Waals surface area contributed by atoms with E-state index in [1.165, 1.54) is 4.31 Å². The van der Waals surface area contributed by atoms with Gasteiger partial charge in [-0.1, -0.05) is 0 Å². The molecular formula is C18H32N2O8S. The van der Waals surface area contributed by atoms with E-state index in [4.69, 9.17) is 33.6 Å². The second-order valence-electron chi connectivity index (χ2n) is 9.50. The number of fused-ring (bicyclic) bond motifs is 3. The van der Waals surface area contributed by atoms with Gasteiger partial charge in [0.05, 0.1) is 6.61 Å². The third-order valence-electron chi connectivity index (χ3n) is 5.81. The standard InChI is InChI=1S/C18H32N2O8S/c1-16(2)25-12-11(24-15-14(13(12)26-16)27-17(3,4)28-15)10-23-29(21,22)20-8-6-18(5,19)7-9-20/h11-15H,6-10,19H2,1-5H3/t11-,12+,13+,14-,15-/m1/s1. The Balaban J connectivity index is 1.44. The van der Waals surface area contributed by atoms with E-state index in [-0.39, 0.29) is 12.1 Å². The first-order valence-electron chi connectivity index (χ1n) is 10.1. The minimum atomic E-state index is -3.91. The molecule has 10 nitrogen and oxygen atoms in total. The lowest BCUT2D eigenvalue weighted by Gasteiger charge is -2.38. The van der Waals surface area contributed by atoms with Crippen LogP contribution in [0.3, 0.4) is 0 Å². The molecule has 0 amide bonds. The van der Waals surface area contributed by atoms with Gasteiger partial charge in [-0.3, -0.25) is 4.18 Å². The fourth-order valence-corrected chi connectivity index (χ4v) is 5.36. The number of piperidine rings is 1. The molecule has 4 saturated heterocycles. The van der Waals surface area contributed by atoms with E-state index in [1.807, 2.05) is 6.92 Å². The zero-order valence-electron chi connectivity index (χ0n) is 17.6. The molecule has 0 aliphatic carbocycles. The van der Waals surface area contributed by atoms with Crippen LogP contribution in [-0.2, 0) is 38.2 Å². The van der Waals surface area contributed by atoms with Crippen molar-refractivity contribution in [2.45, 2.75) is 95.3 Å². The summed E-state index contributed by atoms with van der Waals surface area (Å²) in [6, 6.07) is 0. The van der Waals surface area contributed by atoms with Gasteiger partial charge in [0, 0.05) is 18.6 Å². The van der Waals surface area contributed by atoms with Crippen molar-refractivity contribution < 1.29 is 36.3 Å². The van der Waals surface area contributed by atoms with Crippen molar-refractivity contribution in [2.75, 3.05) is 19.7 Å². The monoisotopic (exact) mass is 436 g/mol. The quantitative estimate of drug-likeness (QED) is 0.670. The SMILES string of the molecule is CC1(N)CCN(S(=O)(=O)OC[C@H]2O[C@@H]3OC(C)(C)O[C@@H]3[C@H]3OC(C)(C)O[C@H]32)CC1. The highest BCUT2D eigenvalue weighted by Crippen LogP contribution is 2.44. The molecule has 0 aromatic rings. The Morgan fingerprint density at radius 2 is 1.48 bits per heavy atom. The molecule has 11 heteroatoms. The minimum absolute atomic E-state index is 0.202. The van der Waals surface area contributed by atoms with Crippen molar-refractivity contribution in [3.8, 4) is 0 Å². The zero-order chi connectivity index (χ0) is 21.2. The highest BCUT2D eigenvalue weighted by Gasteiger charge is 2.60. The van der Waals surface area contributed by atoms with Crippen LogP contribution in [-0.4, -0.2) is 80.2 Å². The fraction of sp³-hybridized carbons (Fsp3) is 1.00. The molecule has 5 atom stereocenters. The molecular weight excluding hydrogens is 404 g/mol. The second kappa shape index (κ2) is 7.07. The summed E-state index contributed by atoms with van der Waals surface area (Å²) < 4.78 is 61.8. The van der Waals surface area contributed by atoms with Gasteiger partial charge in [-0.25, -0.2) is 0 Å². The Bertz CT molecular complexity index is 730. The van der Waals surface area contributed by atoms with Gasteiger partial charge in [-0.2, -0.15) is 12.7 Å². The van der Waals surface area contributed by atoms with Gasteiger partial charge in [0.25, 0.3) is 0 Å². The van der Waals surface area contributed by atoms with Crippen molar-refractivity contribution >= 4 is 10.3 Å². The maximum Gasteiger partial charge on any atom is 0.338 e. The Kier molecular flexibility index (Phi) is 5.33. The first kappa shape index (κ1) is 21.8. The van der Waals surface area contributed by atoms with Crippen LogP contribution in [0.1, 0.15) is 47.5 Å². The van der Waals surface area contributed by atoms with Gasteiger partial charge in [-0.15, -0.1) is 0 Å². The molecule has 4 aliphatic rings. The van der Waals surface area contributed by atoms with E-state index in [2.05, 4.69) is 0 Å². The van der Waals surface area contributed by atoms with Gasteiger partial charge in [0.1, 0.15) is 24.4 Å². The molecule has 0 unspecified atom stereocenters. The number of nitrogens with two attached hydrogens (primary N) is 1. The van der Waals surface area contributed by atoms with Crippen molar-refractivity contribution in [3.63, 3.8) is 0 Å². The van der Waals surface area contributed by atoms with Crippen molar-refractivity contribution in [1.29, 1.82) is 0 Å². The Morgan fingerprint density at radius 1 is 0.931 bits per heavy atom. The van der Waals surface area contributed by atoms with Crippen molar-refractivity contribution in [3.05, 3.63) is 0 Å². The van der Waals surface area contributed by atoms with Crippen LogP contribution < -0.4 is 5.73 Å². The summed E-state index contributed by atoms with van der Waals surface area (Å²) >= 11 is 0. The molecule has 0 aromatic heterocycles. The van der Waals surface area contributed by atoms with Gasteiger partial charge in [0.2, 0.25) is 0 Å². The molecule has 4 heterocycles. The molecule has 168 valence electrons. The topological polar surface area (TPSA) is 119 Å². The molecule has 2 N–H and O–H groups in total. The molecule has 0 spiro atoms. The van der Waals surface area contributed by atoms with Crippen LogP contribution >= 0.6 is 0 Å². The summed E-state index contributed by atoms with van der Waals surface area (Å²) in [6.07, 6.45) is -1.66. The van der Waals surface area contributed by atoms with E-state index in [9.17, 15) is 8.42 Å². The Morgan fingerprint density at radius 3 is 2.14 bits per heavy atom. The average Bonchev–Trinajstić information content (AvgIpc) is 3.06. The second-order valence-corrected chi connectivity index (χ2v) is 11.1. The molecule has 4 fully saturated rings. The molecule has 0 bridgehead atoms. The van der Waals surface area contributed by atoms with E-state index in [0.29, 0.717) is 25.9 Å². The fourth-order valence-electron chi connectivity index (χ4n) is 4.28. The Hall–Kier alpha value is -0.370. The third kappa shape index (κ3) is 4.48. The van der Waals surface area contributed by atoms with E-state index in [1.54, 1.807) is 27.7 Å². The van der Waals surface area contributed by atoms with Crippen LogP contribution in [0.15, 0.2) is 0 Å². The molecule has 0 radical (unpaired) electrons. The molecule has 4 aliphatic heterocycles. The number of ether oxygens (including phenoxy) is 5. The van der Waals surface area contributed by atoms with Gasteiger partial charge >= 0.3 is 10.3 Å². The van der Waals surface area contributed by atoms with Crippen LogP contribution in [0.4, 0.5) is 0 Å². The van der Waals surface area contributed by atoms with E-state index in [0.717, 1.165) is 0 Å². The van der Waals surface area contributed by atoms with Gasteiger partial charge in [-0.05, 0) is 47.5 Å². The lowest BCUT2D eigenvalue weighted by atomic mass is 9.92. The number of nitrogens with zero attached hydrogens (tertiary/aromatic N) is 1. The highest BCUT2D eigenvalue weighted by molar-refractivity contribution is 7.84. The summed E-state index contributed by atoms with van der Waals surface area (Å²) in [4.78, 5) is 0. The Labute approximate surface area is 172 Å². The maximum atomic E-state index is 12.7. The zero-order valence-corrected chi connectivity index (χ0v) is 18.4. The summed E-state index contributed by atoms with van der Waals surface area (Å²) in [5, 5.41) is 0. The van der Waals surface area contributed by atoms with E-state index < -0.39 is 52.6 Å². The largest absolute Gasteiger partial charge is 0.342 e. The predicted octanol–water partition coefficient (Wildman–Crippen LogP) is 0.458. The van der Waals surface area contributed by atoms with Crippen molar-refractivity contribution in [2.24, 2.45) is 5.73 Å². The molecule has 4 rings (SSSR count). The van der Waals surface area contributed by atoms with Crippen LogP contribution in [0.25, 0.3) is 0 Å². The summed E-state index contributed by atoms with van der Waals surface area (Å²) in [5.41, 5.74) is 5.74.